The molecule has 0 aromatic carbocycles. The van der Waals surface area contributed by atoms with Gasteiger partial charge in [0.25, 0.3) is 0 Å². The third-order valence-corrected chi connectivity index (χ3v) is 2.34. The molecule has 0 aliphatic heterocycles. The lowest BCUT2D eigenvalue weighted by molar-refractivity contribution is 0.608. The van der Waals surface area contributed by atoms with Crippen LogP contribution in [0, 0.1) is 0 Å². The summed E-state index contributed by atoms with van der Waals surface area (Å²) in [6.07, 6.45) is 7.37. The second-order valence-corrected chi connectivity index (χ2v) is 4.07. The summed E-state index contributed by atoms with van der Waals surface area (Å²) in [6.45, 7) is 5.12. The fraction of sp³-hybridized carbons (Fsp3) is 0.250. The molecule has 0 saturated carbocycles. The van der Waals surface area contributed by atoms with E-state index in [9.17, 15) is 8.42 Å². The fourth-order valence-electron chi connectivity index (χ4n) is 0.597. The summed E-state index contributed by atoms with van der Waals surface area (Å²) in [5.74, 6) is 0. The van der Waals surface area contributed by atoms with Crippen molar-refractivity contribution in [3.05, 3.63) is 35.8 Å². The van der Waals surface area contributed by atoms with Crippen molar-refractivity contribution in [2.24, 2.45) is 0 Å². The summed E-state index contributed by atoms with van der Waals surface area (Å²) < 4.78 is 21.8. The van der Waals surface area contributed by atoms with Crippen LogP contribution in [0.5, 0.6) is 0 Å². The Morgan fingerprint density at radius 2 is 2.00 bits per heavy atom. The van der Waals surface area contributed by atoms with E-state index in [1.54, 1.807) is 19.1 Å². The van der Waals surface area contributed by atoms with Gasteiger partial charge < -0.3 is 0 Å². The van der Waals surface area contributed by atoms with E-state index >= 15 is 0 Å². The maximum atomic E-state index is 10.9. The molecule has 0 fully saturated rings. The molecule has 0 bridgehead atoms. The molecular formula is C8H12O2S. The summed E-state index contributed by atoms with van der Waals surface area (Å²) in [6, 6.07) is 0. The van der Waals surface area contributed by atoms with Crippen LogP contribution >= 0.6 is 0 Å². The molecule has 0 aliphatic carbocycles. The van der Waals surface area contributed by atoms with Crippen LogP contribution < -0.4 is 0 Å². The van der Waals surface area contributed by atoms with Gasteiger partial charge in [-0.15, -0.1) is 0 Å². The Morgan fingerprint density at radius 1 is 1.45 bits per heavy atom. The van der Waals surface area contributed by atoms with Crippen molar-refractivity contribution in [2.75, 3.05) is 6.26 Å². The van der Waals surface area contributed by atoms with Crippen molar-refractivity contribution < 1.29 is 8.42 Å². The van der Waals surface area contributed by atoms with Crippen LogP contribution in [-0.4, -0.2) is 14.7 Å². The molecule has 0 spiro atoms. The van der Waals surface area contributed by atoms with Crippen molar-refractivity contribution in [2.45, 2.75) is 6.92 Å². The molecule has 0 atom stereocenters. The Hall–Kier alpha value is -0.830. The van der Waals surface area contributed by atoms with E-state index in [2.05, 4.69) is 6.58 Å². The summed E-state index contributed by atoms with van der Waals surface area (Å²) in [7, 11) is -3.06. The maximum Gasteiger partial charge on any atom is 0.175 e. The van der Waals surface area contributed by atoms with Gasteiger partial charge in [-0.3, -0.25) is 0 Å². The average Bonchev–Trinajstić information content (AvgIpc) is 1.87. The SMILES string of the molecule is C=C/C=C\C(=C/C)S(C)(=O)=O. The van der Waals surface area contributed by atoms with Crippen molar-refractivity contribution in [3.8, 4) is 0 Å². The maximum absolute atomic E-state index is 10.9. The zero-order valence-electron chi connectivity index (χ0n) is 6.74. The molecule has 11 heavy (non-hydrogen) atoms. The second kappa shape index (κ2) is 4.13. The lowest BCUT2D eigenvalue weighted by Gasteiger charge is -1.94. The molecule has 0 heterocycles. The molecule has 0 N–H and O–H groups in total. The second-order valence-electron chi connectivity index (χ2n) is 2.06. The van der Waals surface area contributed by atoms with Crippen LogP contribution in [0.2, 0.25) is 0 Å². The van der Waals surface area contributed by atoms with Crippen LogP contribution in [0.3, 0.4) is 0 Å². The van der Waals surface area contributed by atoms with Crippen LogP contribution in [0.25, 0.3) is 0 Å². The molecule has 0 aliphatic rings. The van der Waals surface area contributed by atoms with Gasteiger partial charge in [0.2, 0.25) is 0 Å². The van der Waals surface area contributed by atoms with Crippen molar-refractivity contribution >= 4 is 9.84 Å². The molecule has 3 heteroatoms. The van der Waals surface area contributed by atoms with Crippen LogP contribution in [0.4, 0.5) is 0 Å². The van der Waals surface area contributed by atoms with Crippen LogP contribution in [-0.2, 0) is 9.84 Å². The largest absolute Gasteiger partial charge is 0.224 e. The highest BCUT2D eigenvalue weighted by Gasteiger charge is 2.04. The minimum Gasteiger partial charge on any atom is -0.224 e. The van der Waals surface area contributed by atoms with Gasteiger partial charge in [0, 0.05) is 6.26 Å². The number of hydrogen-bond acceptors (Lipinski definition) is 2. The van der Waals surface area contributed by atoms with Gasteiger partial charge in [-0.1, -0.05) is 24.8 Å². The van der Waals surface area contributed by atoms with E-state index in [4.69, 9.17) is 0 Å². The third-order valence-electron chi connectivity index (χ3n) is 1.11. The lowest BCUT2D eigenvalue weighted by Crippen LogP contribution is -1.97. The van der Waals surface area contributed by atoms with Crippen molar-refractivity contribution in [1.82, 2.24) is 0 Å². The number of allylic oxidation sites excluding steroid dienone is 4. The molecule has 0 rings (SSSR count). The smallest absolute Gasteiger partial charge is 0.175 e. The van der Waals surface area contributed by atoms with Crippen LogP contribution in [0.15, 0.2) is 35.8 Å². The number of sulfone groups is 1. The van der Waals surface area contributed by atoms with Gasteiger partial charge in [-0.05, 0) is 13.0 Å². The molecule has 0 radical (unpaired) electrons. The van der Waals surface area contributed by atoms with E-state index in [1.165, 1.54) is 18.4 Å². The first-order chi connectivity index (χ1) is 5.02. The molecule has 0 unspecified atom stereocenters. The Labute approximate surface area is 67.9 Å². The first-order valence-corrected chi connectivity index (χ1v) is 5.07. The minimum atomic E-state index is -3.06. The minimum absolute atomic E-state index is 0.317. The Morgan fingerprint density at radius 3 is 2.27 bits per heavy atom. The zero-order chi connectivity index (χ0) is 8.91. The molecule has 0 aromatic rings. The highest BCUT2D eigenvalue weighted by atomic mass is 32.2. The molecule has 2 nitrogen and oxygen atoms in total. The number of hydrogen-bond donors (Lipinski definition) is 0. The highest BCUT2D eigenvalue weighted by molar-refractivity contribution is 7.94. The summed E-state index contributed by atoms with van der Waals surface area (Å²) >= 11 is 0. The van der Waals surface area contributed by atoms with Gasteiger partial charge in [0.05, 0.1) is 4.91 Å². The molecule has 0 amide bonds. The van der Waals surface area contributed by atoms with Crippen molar-refractivity contribution in [3.63, 3.8) is 0 Å². The number of rotatable bonds is 3. The highest BCUT2D eigenvalue weighted by Crippen LogP contribution is 2.05. The van der Waals surface area contributed by atoms with Gasteiger partial charge in [-0.25, -0.2) is 8.42 Å². The van der Waals surface area contributed by atoms with E-state index in [1.807, 2.05) is 0 Å². The monoisotopic (exact) mass is 172 g/mol. The normalized spacial score (nSPS) is 13.8. The van der Waals surface area contributed by atoms with Crippen molar-refractivity contribution in [1.29, 1.82) is 0 Å². The predicted molar refractivity (Wildman–Crippen MR) is 47.9 cm³/mol. The first kappa shape index (κ1) is 10.2. The lowest BCUT2D eigenvalue weighted by atomic mass is 10.4. The van der Waals surface area contributed by atoms with E-state index < -0.39 is 9.84 Å². The van der Waals surface area contributed by atoms with Gasteiger partial charge in [0.1, 0.15) is 0 Å². The Balaban J connectivity index is 4.74. The zero-order valence-corrected chi connectivity index (χ0v) is 7.56. The summed E-state index contributed by atoms with van der Waals surface area (Å²) in [5, 5.41) is 0. The third kappa shape index (κ3) is 3.78. The molecular weight excluding hydrogens is 160 g/mol. The van der Waals surface area contributed by atoms with E-state index in [0.717, 1.165) is 0 Å². The van der Waals surface area contributed by atoms with E-state index in [-0.39, 0.29) is 0 Å². The summed E-state index contributed by atoms with van der Waals surface area (Å²) in [4.78, 5) is 0.317. The Bertz CT molecular complexity index is 281. The molecule has 62 valence electrons. The van der Waals surface area contributed by atoms with Gasteiger partial charge >= 0.3 is 0 Å². The first-order valence-electron chi connectivity index (χ1n) is 3.18. The quantitative estimate of drug-likeness (QED) is 0.607. The molecule has 0 saturated heterocycles. The summed E-state index contributed by atoms with van der Waals surface area (Å²) in [5.41, 5.74) is 0. The average molecular weight is 172 g/mol. The fourth-order valence-corrected chi connectivity index (χ4v) is 1.35. The Kier molecular flexibility index (Phi) is 3.82. The molecule has 0 aromatic heterocycles. The predicted octanol–water partition coefficient (Wildman–Crippen LogP) is 1.68. The van der Waals surface area contributed by atoms with Crippen LogP contribution in [0.1, 0.15) is 6.92 Å². The standard InChI is InChI=1S/C8H12O2S/c1-4-6-7-8(5-2)11(3,9)10/h4-7H,1H2,2-3H3/b7-6-,8-5+. The van der Waals surface area contributed by atoms with Gasteiger partial charge in [-0.2, -0.15) is 0 Å². The topological polar surface area (TPSA) is 34.1 Å². The van der Waals surface area contributed by atoms with E-state index in [0.29, 0.717) is 4.91 Å². The van der Waals surface area contributed by atoms with Gasteiger partial charge in [0.15, 0.2) is 9.84 Å².